The SMILES string of the molecule is CC/C=C\C/C=C\C/C=C\C/C=C\C/C=C\CCCCCCCCCCCCCC(=O)OCC(COP(=O)(O)OCC(O)COP(=O)(O)OCC(O)COC(=O)CCCCCCCCCCCCCCC/C=C\C/C=C\C/C=C\C/C=C\CCCCC)OC(=O)CCCCCCCCCCCCCCC. The fourth-order valence-corrected chi connectivity index (χ4v) is 13.2. The molecule has 18 heteroatoms. The van der Waals surface area contributed by atoms with Gasteiger partial charge < -0.3 is 34.2 Å². The van der Waals surface area contributed by atoms with Gasteiger partial charge >= 0.3 is 33.6 Å². The van der Waals surface area contributed by atoms with Gasteiger partial charge in [0.1, 0.15) is 25.4 Å². The summed E-state index contributed by atoms with van der Waals surface area (Å²) in [5, 5.41) is 20.7. The van der Waals surface area contributed by atoms with Crippen LogP contribution in [0.4, 0.5) is 0 Å². The number of unbranched alkanes of at least 4 members (excludes halogenated alkanes) is 39. The molecular formula is C87H154O16P2. The number of aliphatic hydroxyl groups excluding tert-OH is 2. The fraction of sp³-hybridized carbons (Fsp3) is 0.759. The molecule has 5 unspecified atom stereocenters. The van der Waals surface area contributed by atoms with Crippen LogP contribution in [-0.2, 0) is 55.8 Å². The third-order valence-corrected chi connectivity index (χ3v) is 19.9. The molecule has 0 rings (SSSR count). The van der Waals surface area contributed by atoms with E-state index in [9.17, 15) is 43.5 Å². The number of hydrogen-bond acceptors (Lipinski definition) is 14. The summed E-state index contributed by atoms with van der Waals surface area (Å²) in [6, 6.07) is 0. The minimum atomic E-state index is -4.93. The summed E-state index contributed by atoms with van der Waals surface area (Å²) in [5.74, 6) is -1.56. The quantitative estimate of drug-likeness (QED) is 0.0146. The van der Waals surface area contributed by atoms with Crippen molar-refractivity contribution in [2.45, 2.75) is 386 Å². The second-order valence-electron chi connectivity index (χ2n) is 28.3. The topological polar surface area (TPSA) is 231 Å². The average molecular weight is 1520 g/mol. The molecule has 5 atom stereocenters. The number of hydrogen-bond donors (Lipinski definition) is 4. The molecule has 0 saturated carbocycles. The molecule has 0 bridgehead atoms. The highest BCUT2D eigenvalue weighted by atomic mass is 31.2. The highest BCUT2D eigenvalue weighted by Gasteiger charge is 2.29. The van der Waals surface area contributed by atoms with Gasteiger partial charge in [-0.3, -0.25) is 32.5 Å². The van der Waals surface area contributed by atoms with Crippen molar-refractivity contribution in [3.8, 4) is 0 Å². The first-order valence-electron chi connectivity index (χ1n) is 42.2. The second kappa shape index (κ2) is 79.8. The van der Waals surface area contributed by atoms with E-state index < -0.39 is 91.5 Å². The molecule has 0 aromatic rings. The fourth-order valence-electron chi connectivity index (χ4n) is 11.6. The molecule has 0 amide bonds. The number of ether oxygens (including phenoxy) is 3. The molecule has 0 aliphatic rings. The summed E-state index contributed by atoms with van der Waals surface area (Å²) in [5.41, 5.74) is 0. The zero-order valence-corrected chi connectivity index (χ0v) is 68.4. The third-order valence-electron chi connectivity index (χ3n) is 18.0. The van der Waals surface area contributed by atoms with Crippen LogP contribution in [-0.4, -0.2) is 95.9 Å². The van der Waals surface area contributed by atoms with E-state index >= 15 is 0 Å². The number of esters is 3. The first-order chi connectivity index (χ1) is 51.2. The lowest BCUT2D eigenvalue weighted by Crippen LogP contribution is -2.30. The standard InChI is InChI=1S/C87H154O16P2/c1-4-7-10-13-16-19-22-25-27-29-31-33-35-37-39-40-42-44-45-47-49-51-53-56-58-61-64-67-70-73-85(90)97-76-82(88)77-99-104(93,94)100-78-83(89)79-101-105(95,96)102-81-84(103-87(92)75-72-69-66-63-60-55-24-21-18-15-12-9-6-3)80-98-86(91)74-71-68-65-62-59-57-54-52-50-48-46-43-41-38-36-34-32-30-28-26-23-20-17-14-11-8-5-2/h8,11,16-17,19-20,25-28,31-34,37-39,41,82-84,88-89H,4-7,9-10,12-15,18,21-24,29-30,35-36,40,42-81H2,1-3H3,(H,93,94)(H,95,96)/b11-8-,19-16-,20-17-,27-25-,28-26-,33-31-,34-32-,39-37-,41-38-. The van der Waals surface area contributed by atoms with Crippen molar-refractivity contribution >= 4 is 33.6 Å². The van der Waals surface area contributed by atoms with Crippen molar-refractivity contribution in [2.24, 2.45) is 0 Å². The normalized spacial score (nSPS) is 14.5. The Labute approximate surface area is 640 Å². The van der Waals surface area contributed by atoms with Crippen molar-refractivity contribution < 1.29 is 75.8 Å². The summed E-state index contributed by atoms with van der Waals surface area (Å²) >= 11 is 0. The van der Waals surface area contributed by atoms with Crippen LogP contribution in [0.2, 0.25) is 0 Å². The van der Waals surface area contributed by atoms with E-state index in [1.165, 1.54) is 173 Å². The van der Waals surface area contributed by atoms with Gasteiger partial charge in [-0.05, 0) is 109 Å². The zero-order valence-electron chi connectivity index (χ0n) is 66.6. The Bertz CT molecular complexity index is 2340. The average Bonchev–Trinajstić information content (AvgIpc) is 0.913. The predicted octanol–water partition coefficient (Wildman–Crippen LogP) is 25.1. The van der Waals surface area contributed by atoms with E-state index in [4.69, 9.17) is 32.3 Å². The molecule has 0 spiro atoms. The molecule has 0 aliphatic carbocycles. The molecular weight excluding hydrogens is 1360 g/mol. The van der Waals surface area contributed by atoms with E-state index in [1.807, 2.05) is 0 Å². The zero-order chi connectivity index (χ0) is 76.6. The third kappa shape index (κ3) is 81.0. The molecule has 0 aromatic heterocycles. The Morgan fingerprint density at radius 1 is 0.276 bits per heavy atom. The van der Waals surface area contributed by atoms with Crippen molar-refractivity contribution in [3.05, 3.63) is 109 Å². The molecule has 0 aliphatic heterocycles. The van der Waals surface area contributed by atoms with Crippen molar-refractivity contribution in [2.75, 3.05) is 39.6 Å². The van der Waals surface area contributed by atoms with Crippen LogP contribution in [0.3, 0.4) is 0 Å². The Morgan fingerprint density at radius 2 is 0.505 bits per heavy atom. The minimum absolute atomic E-state index is 0.107. The number of rotatable bonds is 80. The summed E-state index contributed by atoms with van der Waals surface area (Å²) in [6.45, 7) is 2.59. The number of phosphoric ester groups is 2. The van der Waals surface area contributed by atoms with Gasteiger partial charge in [-0.2, -0.15) is 0 Å². The first kappa shape index (κ1) is 101. The number of phosphoric acid groups is 2. The second-order valence-corrected chi connectivity index (χ2v) is 31.2. The summed E-state index contributed by atoms with van der Waals surface area (Å²) < 4.78 is 61.2. The lowest BCUT2D eigenvalue weighted by molar-refractivity contribution is -0.161. The molecule has 0 saturated heterocycles. The minimum Gasteiger partial charge on any atom is -0.463 e. The van der Waals surface area contributed by atoms with E-state index in [0.717, 1.165) is 135 Å². The number of allylic oxidation sites excluding steroid dienone is 18. The van der Waals surface area contributed by atoms with Gasteiger partial charge in [0.2, 0.25) is 0 Å². The van der Waals surface area contributed by atoms with Gasteiger partial charge in [-0.25, -0.2) is 9.13 Å². The summed E-state index contributed by atoms with van der Waals surface area (Å²) in [6.07, 6.45) is 94.2. The number of aliphatic hydroxyl groups is 2. The molecule has 105 heavy (non-hydrogen) atoms. The maximum absolute atomic E-state index is 13.0. The molecule has 0 fully saturated rings. The maximum Gasteiger partial charge on any atom is 0.472 e. The summed E-state index contributed by atoms with van der Waals surface area (Å²) in [7, 11) is -9.78. The van der Waals surface area contributed by atoms with Gasteiger partial charge in [0.05, 0.1) is 26.4 Å². The van der Waals surface area contributed by atoms with Crippen LogP contribution < -0.4 is 0 Å². The van der Waals surface area contributed by atoms with E-state index in [0.29, 0.717) is 19.3 Å². The Kier molecular flexibility index (Phi) is 76.9. The van der Waals surface area contributed by atoms with Crippen molar-refractivity contribution in [1.29, 1.82) is 0 Å². The Hall–Kier alpha value is -3.79. The molecule has 16 nitrogen and oxygen atoms in total. The number of carbonyl (C=O) groups is 3. The van der Waals surface area contributed by atoms with Gasteiger partial charge in [-0.1, -0.05) is 348 Å². The molecule has 0 heterocycles. The van der Waals surface area contributed by atoms with E-state index in [2.05, 4.69) is 130 Å². The van der Waals surface area contributed by atoms with Gasteiger partial charge in [0.25, 0.3) is 0 Å². The monoisotopic (exact) mass is 1520 g/mol. The Balaban J connectivity index is 4.47. The van der Waals surface area contributed by atoms with Gasteiger partial charge in [-0.15, -0.1) is 0 Å². The lowest BCUT2D eigenvalue weighted by atomic mass is 10.0. The van der Waals surface area contributed by atoms with Crippen LogP contribution in [0.5, 0.6) is 0 Å². The van der Waals surface area contributed by atoms with Crippen molar-refractivity contribution in [1.82, 2.24) is 0 Å². The van der Waals surface area contributed by atoms with Crippen LogP contribution in [0.15, 0.2) is 109 Å². The highest BCUT2D eigenvalue weighted by molar-refractivity contribution is 7.47. The van der Waals surface area contributed by atoms with E-state index in [-0.39, 0.29) is 19.3 Å². The lowest BCUT2D eigenvalue weighted by Gasteiger charge is -2.21. The number of carbonyl (C=O) groups excluding carboxylic acids is 3. The molecule has 608 valence electrons. The van der Waals surface area contributed by atoms with Crippen LogP contribution >= 0.6 is 15.6 Å². The van der Waals surface area contributed by atoms with Crippen molar-refractivity contribution in [3.63, 3.8) is 0 Å². The summed E-state index contributed by atoms with van der Waals surface area (Å²) in [4.78, 5) is 58.7. The molecule has 4 N–H and O–H groups in total. The van der Waals surface area contributed by atoms with E-state index in [1.54, 1.807) is 0 Å². The van der Waals surface area contributed by atoms with Gasteiger partial charge in [0.15, 0.2) is 6.10 Å². The van der Waals surface area contributed by atoms with Crippen LogP contribution in [0, 0.1) is 0 Å². The van der Waals surface area contributed by atoms with Gasteiger partial charge in [0, 0.05) is 19.3 Å². The van der Waals surface area contributed by atoms with Crippen LogP contribution in [0.25, 0.3) is 0 Å². The Morgan fingerprint density at radius 3 is 0.819 bits per heavy atom. The predicted molar refractivity (Wildman–Crippen MR) is 436 cm³/mol. The highest BCUT2D eigenvalue weighted by Crippen LogP contribution is 2.45. The first-order valence-corrected chi connectivity index (χ1v) is 45.2. The molecule has 0 aromatic carbocycles. The molecule has 0 radical (unpaired) electrons. The largest absolute Gasteiger partial charge is 0.472 e. The smallest absolute Gasteiger partial charge is 0.463 e. The van der Waals surface area contributed by atoms with Crippen LogP contribution in [0.1, 0.15) is 367 Å². The maximum atomic E-state index is 13.0.